The Balaban J connectivity index is 1.73. The van der Waals surface area contributed by atoms with Gasteiger partial charge in [0.05, 0.1) is 22.8 Å². The number of nitrogens with zero attached hydrogens (tertiary/aromatic N) is 5. The van der Waals surface area contributed by atoms with Crippen LogP contribution in [0.25, 0.3) is 0 Å². The topological polar surface area (TPSA) is 82.4 Å². The lowest BCUT2D eigenvalue weighted by Gasteiger charge is -2.36. The highest BCUT2D eigenvalue weighted by Crippen LogP contribution is 2.24. The lowest BCUT2D eigenvalue weighted by atomic mass is 10.2. The van der Waals surface area contributed by atoms with Crippen LogP contribution in [0.5, 0.6) is 0 Å². The molecule has 0 amide bonds. The van der Waals surface area contributed by atoms with Gasteiger partial charge in [-0.15, -0.1) is 0 Å². The molecular formula is C18H18ClN5O2. The molecule has 0 N–H and O–H groups in total. The molecule has 0 saturated carbocycles. The third kappa shape index (κ3) is 3.70. The standard InChI is InChI=1S/C18H18ClN5O2/c1-2-26-18(25)14-10-16(22-12-15(14)19)23-6-8-24(9-7-23)17-13(11-20)4-3-5-21-17/h3-5,10,12H,2,6-9H2,1H3. The van der Waals surface area contributed by atoms with Crippen molar-refractivity contribution in [2.45, 2.75) is 6.92 Å². The van der Waals surface area contributed by atoms with Crippen molar-refractivity contribution in [2.75, 3.05) is 42.6 Å². The number of piperazine rings is 1. The van der Waals surface area contributed by atoms with Gasteiger partial charge in [-0.05, 0) is 25.1 Å². The minimum absolute atomic E-state index is 0.276. The number of ether oxygens (including phenoxy) is 1. The third-order valence-electron chi connectivity index (χ3n) is 4.15. The van der Waals surface area contributed by atoms with E-state index in [0.717, 1.165) is 0 Å². The molecule has 1 aliphatic rings. The van der Waals surface area contributed by atoms with Crippen LogP contribution in [-0.2, 0) is 4.74 Å². The van der Waals surface area contributed by atoms with Crippen LogP contribution >= 0.6 is 11.6 Å². The molecule has 0 radical (unpaired) electrons. The SMILES string of the molecule is CCOC(=O)c1cc(N2CCN(c3ncccc3C#N)CC2)ncc1Cl. The van der Waals surface area contributed by atoms with Crippen molar-refractivity contribution in [1.29, 1.82) is 5.26 Å². The lowest BCUT2D eigenvalue weighted by molar-refractivity contribution is 0.0526. The maximum Gasteiger partial charge on any atom is 0.339 e. The Bertz CT molecular complexity index is 844. The number of hydrogen-bond acceptors (Lipinski definition) is 7. The molecule has 134 valence electrons. The average molecular weight is 372 g/mol. The molecule has 7 nitrogen and oxygen atoms in total. The first-order valence-corrected chi connectivity index (χ1v) is 8.69. The second-order valence-corrected chi connectivity index (χ2v) is 6.11. The van der Waals surface area contributed by atoms with Gasteiger partial charge in [-0.1, -0.05) is 11.6 Å². The van der Waals surface area contributed by atoms with Crippen LogP contribution in [-0.4, -0.2) is 48.7 Å². The highest BCUT2D eigenvalue weighted by Gasteiger charge is 2.22. The number of carbonyl (C=O) groups excluding carboxylic acids is 1. The lowest BCUT2D eigenvalue weighted by Crippen LogP contribution is -2.47. The van der Waals surface area contributed by atoms with Gasteiger partial charge in [0.1, 0.15) is 17.7 Å². The first-order valence-electron chi connectivity index (χ1n) is 8.31. The summed E-state index contributed by atoms with van der Waals surface area (Å²) in [6, 6.07) is 7.36. The normalized spacial score (nSPS) is 14.0. The van der Waals surface area contributed by atoms with Crippen LogP contribution in [0, 0.1) is 11.3 Å². The Hall–Kier alpha value is -2.85. The van der Waals surface area contributed by atoms with Crippen LogP contribution in [0.3, 0.4) is 0 Å². The van der Waals surface area contributed by atoms with Gasteiger partial charge in [-0.2, -0.15) is 5.26 Å². The summed E-state index contributed by atoms with van der Waals surface area (Å²) in [5, 5.41) is 9.51. The fraction of sp³-hybridized carbons (Fsp3) is 0.333. The number of nitriles is 1. The number of rotatable bonds is 4. The van der Waals surface area contributed by atoms with E-state index in [4.69, 9.17) is 16.3 Å². The zero-order valence-corrected chi connectivity index (χ0v) is 15.1. The van der Waals surface area contributed by atoms with Crippen molar-refractivity contribution >= 4 is 29.2 Å². The molecule has 3 rings (SSSR count). The van der Waals surface area contributed by atoms with Gasteiger partial charge < -0.3 is 14.5 Å². The van der Waals surface area contributed by atoms with E-state index in [0.29, 0.717) is 48.9 Å². The first-order chi connectivity index (χ1) is 12.6. The Morgan fingerprint density at radius 3 is 2.73 bits per heavy atom. The summed E-state index contributed by atoms with van der Waals surface area (Å²) in [4.78, 5) is 24.8. The van der Waals surface area contributed by atoms with Crippen LogP contribution in [0.2, 0.25) is 5.02 Å². The number of carbonyl (C=O) groups is 1. The highest BCUT2D eigenvalue weighted by molar-refractivity contribution is 6.33. The van der Waals surface area contributed by atoms with Crippen LogP contribution < -0.4 is 9.80 Å². The smallest absolute Gasteiger partial charge is 0.339 e. The van der Waals surface area contributed by atoms with E-state index in [1.807, 2.05) is 0 Å². The summed E-state index contributed by atoms with van der Waals surface area (Å²) in [6.07, 6.45) is 3.16. The molecule has 2 aromatic heterocycles. The number of hydrogen-bond donors (Lipinski definition) is 0. The fourth-order valence-electron chi connectivity index (χ4n) is 2.85. The van der Waals surface area contributed by atoms with Crippen molar-refractivity contribution in [3.05, 3.63) is 46.7 Å². The molecule has 26 heavy (non-hydrogen) atoms. The van der Waals surface area contributed by atoms with Crippen LogP contribution in [0.15, 0.2) is 30.6 Å². The number of aromatic nitrogens is 2. The van der Waals surface area contributed by atoms with Crippen molar-refractivity contribution in [3.8, 4) is 6.07 Å². The molecule has 1 aliphatic heterocycles. The summed E-state index contributed by atoms with van der Waals surface area (Å²) in [5.41, 5.74) is 0.882. The molecule has 3 heterocycles. The monoisotopic (exact) mass is 371 g/mol. The molecule has 1 fully saturated rings. The molecule has 8 heteroatoms. The number of halogens is 1. The van der Waals surface area contributed by atoms with Gasteiger partial charge in [-0.25, -0.2) is 14.8 Å². The highest BCUT2D eigenvalue weighted by atomic mass is 35.5. The van der Waals surface area contributed by atoms with Gasteiger partial charge in [-0.3, -0.25) is 0 Å². The van der Waals surface area contributed by atoms with Crippen molar-refractivity contribution in [3.63, 3.8) is 0 Å². The minimum atomic E-state index is -0.452. The van der Waals surface area contributed by atoms with E-state index in [1.165, 1.54) is 6.20 Å². The fourth-order valence-corrected chi connectivity index (χ4v) is 3.03. The van der Waals surface area contributed by atoms with Crippen molar-refractivity contribution in [1.82, 2.24) is 9.97 Å². The predicted molar refractivity (Wildman–Crippen MR) is 98.6 cm³/mol. The van der Waals surface area contributed by atoms with Crippen molar-refractivity contribution < 1.29 is 9.53 Å². The Labute approximate surface area is 156 Å². The van der Waals surface area contributed by atoms with E-state index in [9.17, 15) is 10.1 Å². The quantitative estimate of drug-likeness (QED) is 0.763. The molecular weight excluding hydrogens is 354 g/mol. The molecule has 1 saturated heterocycles. The van der Waals surface area contributed by atoms with Gasteiger partial charge in [0.2, 0.25) is 0 Å². The van der Waals surface area contributed by atoms with E-state index in [2.05, 4.69) is 25.8 Å². The predicted octanol–water partition coefficient (Wildman–Crippen LogP) is 2.50. The maximum atomic E-state index is 12.0. The van der Waals surface area contributed by atoms with E-state index in [-0.39, 0.29) is 11.6 Å². The maximum absolute atomic E-state index is 12.0. The molecule has 0 atom stereocenters. The largest absolute Gasteiger partial charge is 0.462 e. The molecule has 2 aromatic rings. The average Bonchev–Trinajstić information content (AvgIpc) is 2.68. The third-order valence-corrected chi connectivity index (χ3v) is 4.45. The minimum Gasteiger partial charge on any atom is -0.462 e. The van der Waals surface area contributed by atoms with Gasteiger partial charge in [0, 0.05) is 38.6 Å². The Kier molecular flexibility index (Phi) is 5.54. The molecule has 0 unspecified atom stereocenters. The van der Waals surface area contributed by atoms with Crippen LogP contribution in [0.4, 0.5) is 11.6 Å². The summed E-state index contributed by atoms with van der Waals surface area (Å²) >= 11 is 6.07. The second kappa shape index (κ2) is 8.02. The van der Waals surface area contributed by atoms with Crippen LogP contribution in [0.1, 0.15) is 22.8 Å². The van der Waals surface area contributed by atoms with E-state index >= 15 is 0 Å². The van der Waals surface area contributed by atoms with Gasteiger partial charge in [0.25, 0.3) is 0 Å². The second-order valence-electron chi connectivity index (χ2n) is 5.70. The molecule has 0 bridgehead atoms. The summed E-state index contributed by atoms with van der Waals surface area (Å²) in [7, 11) is 0. The number of pyridine rings is 2. The molecule has 0 aliphatic carbocycles. The zero-order valence-electron chi connectivity index (χ0n) is 14.4. The molecule has 0 aromatic carbocycles. The van der Waals surface area contributed by atoms with Crippen molar-refractivity contribution in [2.24, 2.45) is 0 Å². The number of anilines is 2. The summed E-state index contributed by atoms with van der Waals surface area (Å²) in [6.45, 7) is 4.82. The van der Waals surface area contributed by atoms with Gasteiger partial charge in [0.15, 0.2) is 0 Å². The summed E-state index contributed by atoms with van der Waals surface area (Å²) in [5.74, 6) is 0.927. The summed E-state index contributed by atoms with van der Waals surface area (Å²) < 4.78 is 5.03. The Morgan fingerprint density at radius 1 is 1.31 bits per heavy atom. The Morgan fingerprint density at radius 2 is 2.04 bits per heavy atom. The van der Waals surface area contributed by atoms with E-state index < -0.39 is 5.97 Å². The molecule has 0 spiro atoms. The number of esters is 1. The zero-order chi connectivity index (χ0) is 18.5. The van der Waals surface area contributed by atoms with E-state index in [1.54, 1.807) is 31.3 Å². The first kappa shape index (κ1) is 18.0. The van der Waals surface area contributed by atoms with Gasteiger partial charge >= 0.3 is 5.97 Å².